The quantitative estimate of drug-likeness (QED) is 0.864. The summed E-state index contributed by atoms with van der Waals surface area (Å²) in [5.74, 6) is 0. The Hall–Kier alpha value is -0.610. The van der Waals surface area contributed by atoms with Crippen molar-refractivity contribution in [2.45, 2.75) is 44.7 Å². The van der Waals surface area contributed by atoms with Crippen molar-refractivity contribution in [2.24, 2.45) is 0 Å². The normalized spacial score (nSPS) is 26.9. The second-order valence-electron chi connectivity index (χ2n) is 4.62. The van der Waals surface area contributed by atoms with Crippen LogP contribution >= 0.6 is 11.6 Å². The molecule has 0 aliphatic heterocycles. The van der Waals surface area contributed by atoms with Crippen LogP contribution in [0.4, 0.5) is 0 Å². The van der Waals surface area contributed by atoms with Crippen molar-refractivity contribution < 1.29 is 14.6 Å². The molecule has 0 radical (unpaired) electrons. The van der Waals surface area contributed by atoms with E-state index >= 15 is 0 Å². The number of rotatable bonds is 6. The van der Waals surface area contributed by atoms with E-state index in [0.717, 1.165) is 12.0 Å². The molecule has 0 aromatic heterocycles. The van der Waals surface area contributed by atoms with Gasteiger partial charge in [-0.1, -0.05) is 30.7 Å². The minimum atomic E-state index is -0.388. The lowest BCUT2D eigenvalue weighted by molar-refractivity contribution is -0.196. The monoisotopic (exact) mass is 270 g/mol. The van der Waals surface area contributed by atoms with Crippen molar-refractivity contribution in [1.29, 1.82) is 0 Å². The van der Waals surface area contributed by atoms with Gasteiger partial charge in [-0.3, -0.25) is 0 Å². The van der Waals surface area contributed by atoms with Gasteiger partial charge in [0.1, 0.15) is 6.10 Å². The van der Waals surface area contributed by atoms with Gasteiger partial charge in [-0.05, 0) is 24.1 Å². The first kappa shape index (κ1) is 13.8. The fraction of sp³-hybridized carbons (Fsp3) is 0.571. The lowest BCUT2D eigenvalue weighted by Crippen LogP contribution is -2.53. The molecule has 1 aliphatic rings. The Morgan fingerprint density at radius 3 is 2.89 bits per heavy atom. The van der Waals surface area contributed by atoms with Gasteiger partial charge in [0.25, 0.3) is 0 Å². The van der Waals surface area contributed by atoms with Gasteiger partial charge in [-0.15, -0.1) is 0 Å². The molecule has 0 spiro atoms. The van der Waals surface area contributed by atoms with Crippen LogP contribution in [0, 0.1) is 0 Å². The number of hydrogen-bond acceptors (Lipinski definition) is 3. The number of ether oxygens (including phenoxy) is 2. The third-order valence-corrected chi connectivity index (χ3v) is 3.32. The molecular weight excluding hydrogens is 252 g/mol. The maximum atomic E-state index is 9.62. The van der Waals surface area contributed by atoms with Crippen LogP contribution in [0.5, 0.6) is 0 Å². The van der Waals surface area contributed by atoms with Gasteiger partial charge in [0.2, 0.25) is 0 Å². The molecule has 1 N–H and O–H groups in total. The molecule has 0 heterocycles. The van der Waals surface area contributed by atoms with E-state index < -0.39 is 0 Å². The van der Waals surface area contributed by atoms with E-state index in [4.69, 9.17) is 21.1 Å². The highest BCUT2D eigenvalue weighted by Gasteiger charge is 2.41. The standard InChI is InChI=1S/C14H19ClO3/c1-2-6-17-14-12(16)8-13(14)18-9-10-4-3-5-11(15)7-10/h3-5,7,12-14,16H,2,6,8-9H2,1H3. The third kappa shape index (κ3) is 3.45. The second-order valence-corrected chi connectivity index (χ2v) is 5.05. The highest BCUT2D eigenvalue weighted by Crippen LogP contribution is 2.28. The molecule has 0 saturated heterocycles. The van der Waals surface area contributed by atoms with E-state index in [1.807, 2.05) is 31.2 Å². The number of aliphatic hydroxyl groups is 1. The first-order valence-corrected chi connectivity index (χ1v) is 6.74. The Morgan fingerprint density at radius 1 is 1.39 bits per heavy atom. The van der Waals surface area contributed by atoms with E-state index in [-0.39, 0.29) is 18.3 Å². The zero-order valence-corrected chi connectivity index (χ0v) is 11.3. The first-order chi connectivity index (χ1) is 8.70. The molecule has 18 heavy (non-hydrogen) atoms. The molecule has 1 aromatic rings. The minimum Gasteiger partial charge on any atom is -0.390 e. The van der Waals surface area contributed by atoms with Gasteiger partial charge in [0, 0.05) is 18.1 Å². The van der Waals surface area contributed by atoms with Crippen LogP contribution in [0.2, 0.25) is 5.02 Å². The maximum Gasteiger partial charge on any atom is 0.110 e. The van der Waals surface area contributed by atoms with Crippen molar-refractivity contribution in [2.75, 3.05) is 6.61 Å². The molecule has 1 saturated carbocycles. The Bertz CT molecular complexity index is 383. The molecule has 1 fully saturated rings. The third-order valence-electron chi connectivity index (χ3n) is 3.09. The SMILES string of the molecule is CCCOC1C(O)CC1OCc1cccc(Cl)c1. The number of aliphatic hydroxyl groups excluding tert-OH is 1. The van der Waals surface area contributed by atoms with E-state index in [0.29, 0.717) is 24.7 Å². The summed E-state index contributed by atoms with van der Waals surface area (Å²) in [5.41, 5.74) is 1.04. The average molecular weight is 271 g/mol. The van der Waals surface area contributed by atoms with Gasteiger partial charge >= 0.3 is 0 Å². The molecule has 3 unspecified atom stereocenters. The fourth-order valence-electron chi connectivity index (χ4n) is 2.02. The van der Waals surface area contributed by atoms with Gasteiger partial charge < -0.3 is 14.6 Å². The molecule has 4 heteroatoms. The Labute approximate surface area is 113 Å². The highest BCUT2D eigenvalue weighted by atomic mass is 35.5. The number of halogens is 1. The van der Waals surface area contributed by atoms with E-state index in [1.54, 1.807) is 0 Å². The van der Waals surface area contributed by atoms with Crippen molar-refractivity contribution >= 4 is 11.6 Å². The van der Waals surface area contributed by atoms with Crippen LogP contribution in [-0.2, 0) is 16.1 Å². The molecule has 2 rings (SSSR count). The molecule has 0 bridgehead atoms. The summed E-state index contributed by atoms with van der Waals surface area (Å²) in [4.78, 5) is 0. The first-order valence-electron chi connectivity index (χ1n) is 6.36. The Morgan fingerprint density at radius 2 is 2.22 bits per heavy atom. The van der Waals surface area contributed by atoms with Crippen LogP contribution in [0.15, 0.2) is 24.3 Å². The average Bonchev–Trinajstić information content (AvgIpc) is 2.34. The van der Waals surface area contributed by atoms with Gasteiger partial charge in [0.05, 0.1) is 18.8 Å². The van der Waals surface area contributed by atoms with Gasteiger partial charge in [0.15, 0.2) is 0 Å². The summed E-state index contributed by atoms with van der Waals surface area (Å²) in [7, 11) is 0. The number of hydrogen-bond donors (Lipinski definition) is 1. The van der Waals surface area contributed by atoms with E-state index in [1.165, 1.54) is 0 Å². The predicted molar refractivity (Wildman–Crippen MR) is 70.7 cm³/mol. The largest absolute Gasteiger partial charge is 0.390 e. The molecule has 100 valence electrons. The van der Waals surface area contributed by atoms with Crippen molar-refractivity contribution in [1.82, 2.24) is 0 Å². The highest BCUT2D eigenvalue weighted by molar-refractivity contribution is 6.30. The second kappa shape index (κ2) is 6.53. The van der Waals surface area contributed by atoms with Gasteiger partial charge in [-0.2, -0.15) is 0 Å². The zero-order valence-electron chi connectivity index (χ0n) is 10.5. The minimum absolute atomic E-state index is 0.00877. The summed E-state index contributed by atoms with van der Waals surface area (Å²) in [6.07, 6.45) is 1.02. The molecule has 3 nitrogen and oxygen atoms in total. The summed E-state index contributed by atoms with van der Waals surface area (Å²) in [5, 5.41) is 10.3. The molecular formula is C14H19ClO3. The fourth-order valence-corrected chi connectivity index (χ4v) is 2.24. The van der Waals surface area contributed by atoms with Crippen LogP contribution in [0.3, 0.4) is 0 Å². The lowest BCUT2D eigenvalue weighted by atomic mass is 9.88. The summed E-state index contributed by atoms with van der Waals surface area (Å²) < 4.78 is 11.3. The maximum absolute atomic E-state index is 9.62. The summed E-state index contributed by atoms with van der Waals surface area (Å²) in [6.45, 7) is 3.22. The Balaban J connectivity index is 1.80. The molecule has 3 atom stereocenters. The number of benzene rings is 1. The van der Waals surface area contributed by atoms with Crippen LogP contribution in [0.1, 0.15) is 25.3 Å². The topological polar surface area (TPSA) is 38.7 Å². The summed E-state index contributed by atoms with van der Waals surface area (Å²) in [6, 6.07) is 7.61. The van der Waals surface area contributed by atoms with Crippen LogP contribution < -0.4 is 0 Å². The van der Waals surface area contributed by atoms with Crippen molar-refractivity contribution in [3.63, 3.8) is 0 Å². The van der Waals surface area contributed by atoms with Crippen LogP contribution in [-0.4, -0.2) is 30.0 Å². The molecule has 1 aliphatic carbocycles. The van der Waals surface area contributed by atoms with Gasteiger partial charge in [-0.25, -0.2) is 0 Å². The van der Waals surface area contributed by atoms with E-state index in [9.17, 15) is 5.11 Å². The smallest absolute Gasteiger partial charge is 0.110 e. The van der Waals surface area contributed by atoms with Crippen molar-refractivity contribution in [3.8, 4) is 0 Å². The zero-order chi connectivity index (χ0) is 13.0. The van der Waals surface area contributed by atoms with E-state index in [2.05, 4.69) is 0 Å². The molecule has 1 aromatic carbocycles. The summed E-state index contributed by atoms with van der Waals surface area (Å²) >= 11 is 5.91. The molecule has 0 amide bonds. The predicted octanol–water partition coefficient (Wildman–Crippen LogP) is 2.79. The van der Waals surface area contributed by atoms with Crippen molar-refractivity contribution in [3.05, 3.63) is 34.9 Å². The lowest BCUT2D eigenvalue weighted by Gasteiger charge is -2.40. The Kier molecular flexibility index (Phi) is 5.01. The van der Waals surface area contributed by atoms with Crippen LogP contribution in [0.25, 0.3) is 0 Å².